The van der Waals surface area contributed by atoms with Crippen molar-refractivity contribution in [3.63, 3.8) is 0 Å². The predicted molar refractivity (Wildman–Crippen MR) is 118 cm³/mol. The Kier molecular flexibility index (Phi) is 7.08. The van der Waals surface area contributed by atoms with Crippen molar-refractivity contribution in [3.8, 4) is 0 Å². The Morgan fingerprint density at radius 3 is 2.29 bits per heavy atom. The largest absolute Gasteiger partial charge is 0.385 e. The van der Waals surface area contributed by atoms with Crippen LogP contribution >= 0.6 is 23.4 Å². The fourth-order valence-electron chi connectivity index (χ4n) is 4.00. The molecular formula is C23H29ClFNOS. The highest BCUT2D eigenvalue weighted by Crippen LogP contribution is 2.39. The van der Waals surface area contributed by atoms with E-state index in [0.717, 1.165) is 50.9 Å². The first kappa shape index (κ1) is 21.6. The second-order valence-electron chi connectivity index (χ2n) is 7.93. The molecule has 1 saturated heterocycles. The number of aliphatic hydroxyl groups is 1. The van der Waals surface area contributed by atoms with Crippen LogP contribution in [0, 0.1) is 5.82 Å². The third-order valence-corrected chi connectivity index (χ3v) is 7.69. The molecule has 1 unspecified atom stereocenters. The summed E-state index contributed by atoms with van der Waals surface area (Å²) in [5.41, 5.74) is 1.39. The summed E-state index contributed by atoms with van der Waals surface area (Å²) in [6.07, 6.45) is 5.72. The summed E-state index contributed by atoms with van der Waals surface area (Å²) >= 11 is 7.79. The Hall–Kier alpha value is -1.07. The van der Waals surface area contributed by atoms with Crippen molar-refractivity contribution in [2.75, 3.05) is 25.9 Å². The van der Waals surface area contributed by atoms with Crippen LogP contribution in [-0.4, -0.2) is 35.9 Å². The van der Waals surface area contributed by atoms with Crippen LogP contribution in [0.4, 0.5) is 4.39 Å². The lowest BCUT2D eigenvalue weighted by atomic mass is 9.84. The predicted octanol–water partition coefficient (Wildman–Crippen LogP) is 5.82. The Labute approximate surface area is 177 Å². The quantitative estimate of drug-likeness (QED) is 0.609. The van der Waals surface area contributed by atoms with Gasteiger partial charge in [0.1, 0.15) is 5.82 Å². The van der Waals surface area contributed by atoms with E-state index in [1.165, 1.54) is 5.56 Å². The normalized spacial score (nSPS) is 19.3. The van der Waals surface area contributed by atoms with Crippen molar-refractivity contribution in [1.29, 1.82) is 0 Å². The summed E-state index contributed by atoms with van der Waals surface area (Å²) < 4.78 is 13.2. The van der Waals surface area contributed by atoms with Crippen LogP contribution in [0.1, 0.15) is 43.7 Å². The first-order chi connectivity index (χ1) is 13.3. The van der Waals surface area contributed by atoms with Crippen LogP contribution in [0.3, 0.4) is 0 Å². The van der Waals surface area contributed by atoms with Crippen LogP contribution in [0.15, 0.2) is 48.5 Å². The molecule has 0 bridgehead atoms. The third kappa shape index (κ3) is 5.10. The Morgan fingerprint density at radius 1 is 1.11 bits per heavy atom. The molecule has 1 aliphatic heterocycles. The molecule has 1 aliphatic rings. The zero-order valence-corrected chi connectivity index (χ0v) is 18.2. The van der Waals surface area contributed by atoms with Crippen molar-refractivity contribution < 1.29 is 9.50 Å². The molecule has 152 valence electrons. The lowest BCUT2D eigenvalue weighted by Gasteiger charge is -2.39. The summed E-state index contributed by atoms with van der Waals surface area (Å²) in [6.45, 7) is 5.05. The molecule has 1 heterocycles. The monoisotopic (exact) mass is 421 g/mol. The van der Waals surface area contributed by atoms with Crippen LogP contribution < -0.4 is 0 Å². The maximum atomic E-state index is 13.2. The Bertz CT molecular complexity index is 759. The minimum Gasteiger partial charge on any atom is -0.385 e. The molecule has 0 spiro atoms. The number of rotatable bonds is 7. The van der Waals surface area contributed by atoms with Crippen LogP contribution in [-0.2, 0) is 10.3 Å². The molecule has 2 aromatic rings. The molecule has 0 aliphatic carbocycles. The number of benzene rings is 2. The van der Waals surface area contributed by atoms with Gasteiger partial charge in [0.15, 0.2) is 0 Å². The average molecular weight is 422 g/mol. The van der Waals surface area contributed by atoms with Gasteiger partial charge in [-0.25, -0.2) is 4.39 Å². The first-order valence-electron chi connectivity index (χ1n) is 9.87. The molecule has 28 heavy (non-hydrogen) atoms. The second kappa shape index (κ2) is 9.17. The van der Waals surface area contributed by atoms with Crippen molar-refractivity contribution in [2.24, 2.45) is 0 Å². The van der Waals surface area contributed by atoms with E-state index in [1.807, 2.05) is 48.2 Å². The number of piperidine rings is 1. The van der Waals surface area contributed by atoms with E-state index in [1.54, 1.807) is 12.1 Å². The summed E-state index contributed by atoms with van der Waals surface area (Å²) in [6, 6.07) is 14.5. The SMILES string of the molecule is CSC(C)(CCCN1CCC(O)(c2ccc(Cl)cc2)CC1)c1ccc(F)cc1. The smallest absolute Gasteiger partial charge is 0.123 e. The molecule has 2 nitrogen and oxygen atoms in total. The number of hydrogen-bond acceptors (Lipinski definition) is 3. The average Bonchev–Trinajstić information content (AvgIpc) is 2.70. The summed E-state index contributed by atoms with van der Waals surface area (Å²) in [5.74, 6) is -0.186. The molecular weight excluding hydrogens is 393 g/mol. The van der Waals surface area contributed by atoms with E-state index in [4.69, 9.17) is 11.6 Å². The molecule has 1 fully saturated rings. The lowest BCUT2D eigenvalue weighted by molar-refractivity contribution is -0.0261. The van der Waals surface area contributed by atoms with Crippen molar-refractivity contribution in [1.82, 2.24) is 4.90 Å². The number of likely N-dealkylation sites (tertiary alicyclic amines) is 1. The van der Waals surface area contributed by atoms with Gasteiger partial charge in [-0.15, -0.1) is 0 Å². The fourth-order valence-corrected chi connectivity index (χ4v) is 4.85. The highest BCUT2D eigenvalue weighted by Gasteiger charge is 2.34. The van der Waals surface area contributed by atoms with Crippen LogP contribution in [0.2, 0.25) is 5.02 Å². The maximum Gasteiger partial charge on any atom is 0.123 e. The van der Waals surface area contributed by atoms with Crippen LogP contribution in [0.25, 0.3) is 0 Å². The highest BCUT2D eigenvalue weighted by atomic mass is 35.5. The molecule has 5 heteroatoms. The number of thioether (sulfide) groups is 1. The van der Waals surface area contributed by atoms with E-state index < -0.39 is 5.60 Å². The molecule has 1 atom stereocenters. The minimum absolute atomic E-state index is 0.00642. The van der Waals surface area contributed by atoms with E-state index in [2.05, 4.69) is 18.1 Å². The van der Waals surface area contributed by atoms with Gasteiger partial charge in [0.2, 0.25) is 0 Å². The Balaban J connectivity index is 1.51. The second-order valence-corrected chi connectivity index (χ2v) is 9.67. The maximum absolute atomic E-state index is 13.2. The zero-order chi connectivity index (χ0) is 20.2. The number of hydrogen-bond donors (Lipinski definition) is 1. The molecule has 0 amide bonds. The van der Waals surface area contributed by atoms with Gasteiger partial charge in [-0.3, -0.25) is 0 Å². The van der Waals surface area contributed by atoms with Gasteiger partial charge in [0, 0.05) is 22.9 Å². The first-order valence-corrected chi connectivity index (χ1v) is 11.5. The summed E-state index contributed by atoms with van der Waals surface area (Å²) in [5, 5.41) is 11.7. The number of nitrogens with zero attached hydrogens (tertiary/aromatic N) is 1. The van der Waals surface area contributed by atoms with Crippen LogP contribution in [0.5, 0.6) is 0 Å². The summed E-state index contributed by atoms with van der Waals surface area (Å²) in [4.78, 5) is 2.44. The van der Waals surface area contributed by atoms with Gasteiger partial charge < -0.3 is 10.0 Å². The highest BCUT2D eigenvalue weighted by molar-refractivity contribution is 7.99. The van der Waals surface area contributed by atoms with Crippen molar-refractivity contribution in [3.05, 3.63) is 70.5 Å². The minimum atomic E-state index is -0.747. The fraction of sp³-hybridized carbons (Fsp3) is 0.478. The topological polar surface area (TPSA) is 23.5 Å². The molecule has 0 aromatic heterocycles. The molecule has 0 saturated carbocycles. The van der Waals surface area contributed by atoms with E-state index in [9.17, 15) is 9.50 Å². The van der Waals surface area contributed by atoms with Gasteiger partial charge in [-0.05, 0) is 80.8 Å². The van der Waals surface area contributed by atoms with Gasteiger partial charge in [-0.2, -0.15) is 11.8 Å². The molecule has 3 rings (SSSR count). The zero-order valence-electron chi connectivity index (χ0n) is 16.6. The van der Waals surface area contributed by atoms with Gasteiger partial charge >= 0.3 is 0 Å². The molecule has 0 radical (unpaired) electrons. The van der Waals surface area contributed by atoms with Gasteiger partial charge in [-0.1, -0.05) is 35.9 Å². The Morgan fingerprint density at radius 2 is 1.71 bits per heavy atom. The third-order valence-electron chi connectivity index (χ3n) is 6.10. The van der Waals surface area contributed by atoms with E-state index >= 15 is 0 Å². The standard InChI is InChI=1S/C23H29ClFNOS/c1-22(28-2,18-6-10-21(25)11-7-18)12-3-15-26-16-13-23(27,14-17-26)19-4-8-20(24)9-5-19/h4-11,27H,3,12-17H2,1-2H3. The van der Waals surface area contributed by atoms with Gasteiger partial charge in [0.05, 0.1) is 5.60 Å². The van der Waals surface area contributed by atoms with E-state index in [0.29, 0.717) is 5.02 Å². The van der Waals surface area contributed by atoms with Crippen molar-refractivity contribution in [2.45, 2.75) is 43.0 Å². The summed E-state index contributed by atoms with van der Waals surface area (Å²) in [7, 11) is 0. The van der Waals surface area contributed by atoms with Crippen molar-refractivity contribution >= 4 is 23.4 Å². The molecule has 2 aromatic carbocycles. The number of halogens is 2. The molecule has 1 N–H and O–H groups in total. The van der Waals surface area contributed by atoms with E-state index in [-0.39, 0.29) is 10.6 Å². The lowest BCUT2D eigenvalue weighted by Crippen LogP contribution is -2.43. The van der Waals surface area contributed by atoms with Gasteiger partial charge in [0.25, 0.3) is 0 Å².